The van der Waals surface area contributed by atoms with E-state index in [4.69, 9.17) is 4.74 Å². The molecule has 0 radical (unpaired) electrons. The first-order valence-electron chi connectivity index (χ1n) is 12.8. The van der Waals surface area contributed by atoms with Crippen LogP contribution in [0.25, 0.3) is 0 Å². The molecule has 6 rings (SSSR count). The number of esters is 1. The number of piperidine rings is 1. The fourth-order valence-electron chi connectivity index (χ4n) is 7.32. The third-order valence-corrected chi connectivity index (χ3v) is 8.50. The number of nitrogens with zero attached hydrogens (tertiary/aromatic N) is 1. The van der Waals surface area contributed by atoms with Crippen molar-refractivity contribution < 1.29 is 19.1 Å². The highest BCUT2D eigenvalue weighted by molar-refractivity contribution is 5.94. The van der Waals surface area contributed by atoms with Gasteiger partial charge < -0.3 is 15.0 Å². The van der Waals surface area contributed by atoms with Crippen LogP contribution < -0.4 is 5.32 Å². The largest absolute Gasteiger partial charge is 0.466 e. The lowest BCUT2D eigenvalue weighted by Gasteiger charge is -2.55. The molecule has 1 unspecified atom stereocenters. The molecule has 4 bridgehead atoms. The Hall–Kier alpha value is -2.37. The lowest BCUT2D eigenvalue weighted by Crippen LogP contribution is -2.53. The number of hydrogen-bond donors (Lipinski definition) is 1. The van der Waals surface area contributed by atoms with Crippen molar-refractivity contribution in [1.29, 1.82) is 0 Å². The molecule has 4 aliphatic carbocycles. The Bertz CT molecular complexity index is 874. The summed E-state index contributed by atoms with van der Waals surface area (Å²) in [5.74, 6) is 2.01. The van der Waals surface area contributed by atoms with Crippen molar-refractivity contribution in [2.75, 3.05) is 19.7 Å². The Morgan fingerprint density at radius 2 is 1.67 bits per heavy atom. The summed E-state index contributed by atoms with van der Waals surface area (Å²) in [6.45, 7) is 3.75. The molecule has 1 N–H and O–H groups in total. The Labute approximate surface area is 196 Å². The topological polar surface area (TPSA) is 75.7 Å². The van der Waals surface area contributed by atoms with Crippen LogP contribution in [0.1, 0.15) is 74.2 Å². The zero-order valence-electron chi connectivity index (χ0n) is 19.7. The van der Waals surface area contributed by atoms with E-state index in [0.29, 0.717) is 31.8 Å². The maximum atomic E-state index is 13.2. The molecule has 5 aliphatic rings. The van der Waals surface area contributed by atoms with Crippen LogP contribution in [-0.4, -0.2) is 42.4 Å². The van der Waals surface area contributed by atoms with Crippen molar-refractivity contribution in [3.8, 4) is 0 Å². The van der Waals surface area contributed by atoms with Crippen LogP contribution in [0.3, 0.4) is 0 Å². The van der Waals surface area contributed by atoms with Gasteiger partial charge in [-0.2, -0.15) is 0 Å². The van der Waals surface area contributed by atoms with Gasteiger partial charge in [-0.15, -0.1) is 0 Å². The van der Waals surface area contributed by atoms with Gasteiger partial charge in [0.25, 0.3) is 5.91 Å². The van der Waals surface area contributed by atoms with Crippen molar-refractivity contribution in [1.82, 2.24) is 10.2 Å². The molecule has 0 spiro atoms. The number of carbonyl (C=O) groups is 3. The van der Waals surface area contributed by atoms with Gasteiger partial charge in [0.05, 0.1) is 12.5 Å². The first kappa shape index (κ1) is 22.4. The van der Waals surface area contributed by atoms with Crippen LogP contribution in [0.4, 0.5) is 0 Å². The molecule has 6 nitrogen and oxygen atoms in total. The third kappa shape index (κ3) is 4.53. The maximum absolute atomic E-state index is 13.2. The van der Waals surface area contributed by atoms with Crippen molar-refractivity contribution in [2.24, 2.45) is 29.1 Å². The molecule has 4 saturated carbocycles. The van der Waals surface area contributed by atoms with Crippen LogP contribution in [0.5, 0.6) is 0 Å². The van der Waals surface area contributed by atoms with Gasteiger partial charge in [0, 0.05) is 30.6 Å². The molecular weight excluding hydrogens is 416 g/mol. The summed E-state index contributed by atoms with van der Waals surface area (Å²) in [5, 5.41) is 3.21. The summed E-state index contributed by atoms with van der Waals surface area (Å²) in [6.07, 6.45) is 8.79. The predicted molar refractivity (Wildman–Crippen MR) is 124 cm³/mol. The minimum atomic E-state index is -0.235. The van der Waals surface area contributed by atoms with Crippen LogP contribution in [-0.2, 0) is 20.9 Å². The first-order chi connectivity index (χ1) is 16.0. The van der Waals surface area contributed by atoms with E-state index in [1.807, 2.05) is 24.3 Å². The fraction of sp³-hybridized carbons (Fsp3) is 0.667. The van der Waals surface area contributed by atoms with Crippen LogP contribution in [0.2, 0.25) is 0 Å². The second-order valence-electron chi connectivity index (χ2n) is 10.9. The average Bonchev–Trinajstić information content (AvgIpc) is 2.82. The van der Waals surface area contributed by atoms with Gasteiger partial charge >= 0.3 is 5.97 Å². The van der Waals surface area contributed by atoms with Crippen molar-refractivity contribution >= 4 is 17.8 Å². The van der Waals surface area contributed by atoms with Gasteiger partial charge in [0.2, 0.25) is 5.91 Å². The zero-order chi connectivity index (χ0) is 23.0. The molecule has 1 atom stereocenters. The number of likely N-dealkylation sites (tertiary alicyclic amines) is 1. The van der Waals surface area contributed by atoms with Crippen LogP contribution >= 0.6 is 0 Å². The first-order valence-corrected chi connectivity index (χ1v) is 12.8. The zero-order valence-corrected chi connectivity index (χ0v) is 19.7. The number of amides is 2. The van der Waals surface area contributed by atoms with Gasteiger partial charge in [-0.1, -0.05) is 12.1 Å². The van der Waals surface area contributed by atoms with E-state index in [2.05, 4.69) is 5.32 Å². The molecule has 1 heterocycles. The van der Waals surface area contributed by atoms with E-state index in [9.17, 15) is 14.4 Å². The van der Waals surface area contributed by atoms with E-state index < -0.39 is 0 Å². The fourth-order valence-corrected chi connectivity index (χ4v) is 7.32. The Balaban J connectivity index is 1.16. The molecule has 1 saturated heterocycles. The molecule has 1 aliphatic heterocycles. The second-order valence-corrected chi connectivity index (χ2v) is 10.9. The highest BCUT2D eigenvalue weighted by atomic mass is 16.5. The monoisotopic (exact) mass is 452 g/mol. The summed E-state index contributed by atoms with van der Waals surface area (Å²) < 4.78 is 5.14. The normalized spacial score (nSPS) is 32.5. The molecule has 5 fully saturated rings. The molecule has 178 valence electrons. The number of carbonyl (C=O) groups excluding carboxylic acids is 3. The van der Waals surface area contributed by atoms with Gasteiger partial charge in [-0.05, 0) is 93.7 Å². The SMILES string of the molecule is CCOC(=O)C1CCCN(C(=O)c2ccc(CNC(=O)C34CC5CC(CC(C5)C3)C4)cc2)C1. The van der Waals surface area contributed by atoms with E-state index in [1.165, 1.54) is 19.3 Å². The summed E-state index contributed by atoms with van der Waals surface area (Å²) in [4.78, 5) is 40.0. The number of benzene rings is 1. The molecule has 0 aromatic heterocycles. The smallest absolute Gasteiger partial charge is 0.310 e. The van der Waals surface area contributed by atoms with E-state index >= 15 is 0 Å². The predicted octanol–water partition coefficient (Wildman–Crippen LogP) is 3.93. The number of ether oxygens (including phenoxy) is 1. The van der Waals surface area contributed by atoms with Crippen LogP contribution in [0, 0.1) is 29.1 Å². The highest BCUT2D eigenvalue weighted by Crippen LogP contribution is 2.60. The quantitative estimate of drug-likeness (QED) is 0.664. The molecule has 33 heavy (non-hydrogen) atoms. The summed E-state index contributed by atoms with van der Waals surface area (Å²) in [6, 6.07) is 7.53. The minimum absolute atomic E-state index is 0.0480. The van der Waals surface area contributed by atoms with Crippen LogP contribution in [0.15, 0.2) is 24.3 Å². The minimum Gasteiger partial charge on any atom is -0.466 e. The van der Waals surface area contributed by atoms with Crippen molar-refractivity contribution in [3.05, 3.63) is 35.4 Å². The number of nitrogens with one attached hydrogen (secondary N) is 1. The maximum Gasteiger partial charge on any atom is 0.310 e. The molecule has 2 amide bonds. The standard InChI is InChI=1S/C27H36N2O4/c1-2-33-25(31)23-4-3-9-29(17-23)24(30)22-7-5-18(6-8-22)16-28-26(32)27-13-19-10-20(14-27)12-21(11-19)15-27/h5-8,19-21,23H,2-4,9-17H2,1H3,(H,28,32). The summed E-state index contributed by atoms with van der Waals surface area (Å²) in [5.41, 5.74) is 1.50. The van der Waals surface area contributed by atoms with E-state index in [-0.39, 0.29) is 29.1 Å². The summed E-state index contributed by atoms with van der Waals surface area (Å²) >= 11 is 0. The third-order valence-electron chi connectivity index (χ3n) is 8.50. The Morgan fingerprint density at radius 1 is 1.03 bits per heavy atom. The molecular formula is C27H36N2O4. The lowest BCUT2D eigenvalue weighted by molar-refractivity contribution is -0.149. The van der Waals surface area contributed by atoms with Gasteiger partial charge in [-0.25, -0.2) is 0 Å². The average molecular weight is 453 g/mol. The van der Waals surface area contributed by atoms with Gasteiger partial charge in [0.15, 0.2) is 0 Å². The van der Waals surface area contributed by atoms with Gasteiger partial charge in [0.1, 0.15) is 0 Å². The summed E-state index contributed by atoms with van der Waals surface area (Å²) in [7, 11) is 0. The lowest BCUT2D eigenvalue weighted by atomic mass is 9.49. The second kappa shape index (κ2) is 9.11. The molecule has 1 aromatic carbocycles. The molecule has 6 heteroatoms. The highest BCUT2D eigenvalue weighted by Gasteiger charge is 2.54. The van der Waals surface area contributed by atoms with E-state index in [0.717, 1.165) is 55.4 Å². The number of hydrogen-bond acceptors (Lipinski definition) is 4. The molecule has 1 aromatic rings. The van der Waals surface area contributed by atoms with E-state index in [1.54, 1.807) is 11.8 Å². The number of rotatable bonds is 6. The Morgan fingerprint density at radius 3 is 2.27 bits per heavy atom. The van der Waals surface area contributed by atoms with Crippen molar-refractivity contribution in [3.63, 3.8) is 0 Å². The van der Waals surface area contributed by atoms with Crippen molar-refractivity contribution in [2.45, 2.75) is 64.8 Å². The van der Waals surface area contributed by atoms with Gasteiger partial charge in [-0.3, -0.25) is 14.4 Å². The Kier molecular flexibility index (Phi) is 6.19.